The number of aliphatic hydroxyl groups excluding tert-OH is 1. The molecule has 3 aromatic carbocycles. The predicted octanol–water partition coefficient (Wildman–Crippen LogP) is 4.01. The van der Waals surface area contributed by atoms with Gasteiger partial charge in [-0.3, -0.25) is 0 Å². The van der Waals surface area contributed by atoms with Crippen LogP contribution in [0.4, 0.5) is 0 Å². The Kier molecular flexibility index (Phi) is 7.20. The number of halogens is 1. The number of carbonyl (C=O) groups is 1. The molecular formula is C28H25ClO9. The molecule has 10 heteroatoms. The van der Waals surface area contributed by atoms with E-state index in [0.29, 0.717) is 16.5 Å². The Hall–Kier alpha value is -3.18. The van der Waals surface area contributed by atoms with Gasteiger partial charge in [0, 0.05) is 10.6 Å². The first-order valence-corrected chi connectivity index (χ1v) is 12.6. The smallest absolute Gasteiger partial charge is 0.338 e. The normalized spacial score (nSPS) is 27.9. The largest absolute Gasteiger partial charge is 0.454 e. The van der Waals surface area contributed by atoms with Crippen molar-refractivity contribution in [2.75, 3.05) is 13.4 Å². The van der Waals surface area contributed by atoms with Crippen LogP contribution in [0, 0.1) is 0 Å². The zero-order valence-corrected chi connectivity index (χ0v) is 20.9. The summed E-state index contributed by atoms with van der Waals surface area (Å²) in [5.41, 5.74) is 1.86. The van der Waals surface area contributed by atoms with Gasteiger partial charge >= 0.3 is 5.97 Å². The van der Waals surface area contributed by atoms with Crippen LogP contribution in [0.25, 0.3) is 0 Å². The summed E-state index contributed by atoms with van der Waals surface area (Å²) >= 11 is 5.95. The number of fused-ring (bicyclic) bond motifs is 2. The van der Waals surface area contributed by atoms with E-state index in [2.05, 4.69) is 0 Å². The molecular weight excluding hydrogens is 516 g/mol. The second kappa shape index (κ2) is 10.9. The van der Waals surface area contributed by atoms with Crippen molar-refractivity contribution in [2.24, 2.45) is 0 Å². The van der Waals surface area contributed by atoms with Gasteiger partial charge in [-0.1, -0.05) is 48.0 Å². The molecule has 0 radical (unpaired) electrons. The lowest BCUT2D eigenvalue weighted by atomic mass is 9.97. The summed E-state index contributed by atoms with van der Waals surface area (Å²) in [6.45, 7) is 0.422. The Labute approximate surface area is 223 Å². The maximum Gasteiger partial charge on any atom is 0.338 e. The minimum absolute atomic E-state index is 0.106. The van der Waals surface area contributed by atoms with E-state index < -0.39 is 43.0 Å². The molecule has 0 bridgehead atoms. The lowest BCUT2D eigenvalue weighted by Crippen LogP contribution is -2.63. The zero-order valence-electron chi connectivity index (χ0n) is 20.1. The molecule has 3 heterocycles. The van der Waals surface area contributed by atoms with E-state index in [1.807, 2.05) is 36.4 Å². The molecule has 3 aliphatic rings. The average molecular weight is 541 g/mol. The van der Waals surface area contributed by atoms with E-state index in [9.17, 15) is 9.90 Å². The monoisotopic (exact) mass is 540 g/mol. The first kappa shape index (κ1) is 25.1. The van der Waals surface area contributed by atoms with Crippen LogP contribution >= 0.6 is 11.6 Å². The van der Waals surface area contributed by atoms with Crippen LogP contribution in [-0.4, -0.2) is 55.2 Å². The van der Waals surface area contributed by atoms with Gasteiger partial charge in [0.15, 0.2) is 30.2 Å². The van der Waals surface area contributed by atoms with Crippen LogP contribution in [0.2, 0.25) is 5.02 Å². The van der Waals surface area contributed by atoms with Crippen LogP contribution in [0.3, 0.4) is 0 Å². The van der Waals surface area contributed by atoms with Gasteiger partial charge in [0.25, 0.3) is 0 Å². The highest BCUT2D eigenvalue weighted by atomic mass is 35.5. The average Bonchev–Trinajstić information content (AvgIpc) is 3.42. The molecule has 0 aromatic heterocycles. The first-order valence-electron chi connectivity index (χ1n) is 12.2. The molecule has 0 spiro atoms. The summed E-state index contributed by atoms with van der Waals surface area (Å²) in [6.07, 6.45) is -5.67. The van der Waals surface area contributed by atoms with Gasteiger partial charge in [0.1, 0.15) is 18.3 Å². The molecule has 3 aromatic rings. The molecule has 1 N–H and O–H groups in total. The summed E-state index contributed by atoms with van der Waals surface area (Å²) in [4.78, 5) is 13.0. The Morgan fingerprint density at radius 2 is 1.76 bits per heavy atom. The van der Waals surface area contributed by atoms with Crippen molar-refractivity contribution in [1.82, 2.24) is 0 Å². The lowest BCUT2D eigenvalue weighted by molar-refractivity contribution is -0.362. The van der Waals surface area contributed by atoms with Gasteiger partial charge in [0.2, 0.25) is 6.79 Å². The van der Waals surface area contributed by atoms with Crippen molar-refractivity contribution in [3.8, 4) is 11.5 Å². The molecule has 0 aliphatic carbocycles. The van der Waals surface area contributed by atoms with Gasteiger partial charge in [-0.15, -0.1) is 0 Å². The summed E-state index contributed by atoms with van der Waals surface area (Å²) in [6, 6.07) is 21.1. The minimum atomic E-state index is -1.25. The zero-order chi connectivity index (χ0) is 26.1. The molecule has 0 saturated carbocycles. The maximum absolute atomic E-state index is 13.0. The van der Waals surface area contributed by atoms with Gasteiger partial charge in [-0.05, 0) is 42.0 Å². The van der Waals surface area contributed by atoms with Gasteiger partial charge in [-0.2, -0.15) is 0 Å². The fraction of sp³-hybridized carbons (Fsp3) is 0.321. The van der Waals surface area contributed by atoms with Crippen molar-refractivity contribution >= 4 is 17.6 Å². The lowest BCUT2D eigenvalue weighted by Gasteiger charge is -2.47. The topological polar surface area (TPSA) is 102 Å². The standard InChI is InChI=1S/C28H25ClO9/c29-19-9-7-17(8-10-19)26(31)37-25-23(30)24-22(14-33-27(38-24)18-4-2-1-3-5-18)36-28(25)32-13-16-6-11-20-21(12-16)35-15-34-20/h1-12,22-25,27-28,30H,13-15H2/t22-,23+,24+,25-,27?,28-/m1/s1. The number of aliphatic hydroxyl groups is 1. The van der Waals surface area contributed by atoms with E-state index in [1.54, 1.807) is 36.4 Å². The highest BCUT2D eigenvalue weighted by molar-refractivity contribution is 6.30. The van der Waals surface area contributed by atoms with Crippen molar-refractivity contribution in [3.05, 3.63) is 94.5 Å². The summed E-state index contributed by atoms with van der Waals surface area (Å²) < 4.78 is 40.7. The Morgan fingerprint density at radius 3 is 2.58 bits per heavy atom. The molecule has 198 valence electrons. The predicted molar refractivity (Wildman–Crippen MR) is 133 cm³/mol. The third-order valence-corrected chi connectivity index (χ3v) is 6.81. The fourth-order valence-electron chi connectivity index (χ4n) is 4.59. The van der Waals surface area contributed by atoms with Crippen molar-refractivity contribution in [2.45, 2.75) is 43.6 Å². The second-order valence-electron chi connectivity index (χ2n) is 9.09. The van der Waals surface area contributed by atoms with E-state index in [-0.39, 0.29) is 25.6 Å². The molecule has 6 rings (SSSR count). The Balaban J connectivity index is 1.21. The van der Waals surface area contributed by atoms with E-state index in [4.69, 9.17) is 44.8 Å². The number of esters is 1. The molecule has 38 heavy (non-hydrogen) atoms. The third kappa shape index (κ3) is 5.22. The summed E-state index contributed by atoms with van der Waals surface area (Å²) in [5, 5.41) is 11.9. The van der Waals surface area contributed by atoms with Crippen LogP contribution in [0.1, 0.15) is 27.8 Å². The van der Waals surface area contributed by atoms with E-state index in [0.717, 1.165) is 11.1 Å². The summed E-state index contributed by atoms with van der Waals surface area (Å²) in [7, 11) is 0. The number of rotatable bonds is 6. The number of ether oxygens (including phenoxy) is 7. The second-order valence-corrected chi connectivity index (χ2v) is 9.52. The van der Waals surface area contributed by atoms with Crippen LogP contribution < -0.4 is 9.47 Å². The van der Waals surface area contributed by atoms with E-state index in [1.165, 1.54) is 0 Å². The molecule has 3 aliphatic heterocycles. The van der Waals surface area contributed by atoms with Crippen LogP contribution in [0.5, 0.6) is 11.5 Å². The molecule has 2 saturated heterocycles. The maximum atomic E-state index is 13.0. The molecule has 9 nitrogen and oxygen atoms in total. The van der Waals surface area contributed by atoms with Gasteiger partial charge in [-0.25, -0.2) is 4.79 Å². The first-order chi connectivity index (χ1) is 18.5. The quantitative estimate of drug-likeness (QED) is 0.465. The fourth-order valence-corrected chi connectivity index (χ4v) is 4.72. The van der Waals surface area contributed by atoms with Crippen LogP contribution in [-0.2, 0) is 30.3 Å². The third-order valence-electron chi connectivity index (χ3n) is 6.56. The summed E-state index contributed by atoms with van der Waals surface area (Å²) in [5.74, 6) is 0.610. The van der Waals surface area contributed by atoms with Gasteiger partial charge < -0.3 is 38.3 Å². The number of carbonyl (C=O) groups excluding carboxylic acids is 1. The molecule has 1 unspecified atom stereocenters. The van der Waals surface area contributed by atoms with Crippen molar-refractivity contribution in [1.29, 1.82) is 0 Å². The minimum Gasteiger partial charge on any atom is -0.454 e. The number of hydrogen-bond donors (Lipinski definition) is 1. The van der Waals surface area contributed by atoms with Crippen molar-refractivity contribution < 1.29 is 43.1 Å². The van der Waals surface area contributed by atoms with Gasteiger partial charge in [0.05, 0.1) is 18.8 Å². The Morgan fingerprint density at radius 1 is 0.974 bits per heavy atom. The van der Waals surface area contributed by atoms with E-state index >= 15 is 0 Å². The SMILES string of the molecule is O=C(O[C@H]1[C@H](OCc2ccc3c(c2)OCO3)O[C@@H]2COC(c3ccccc3)O[C@@H]2[C@@H]1O)c1ccc(Cl)cc1. The van der Waals surface area contributed by atoms with Crippen LogP contribution in [0.15, 0.2) is 72.8 Å². The molecule has 6 atom stereocenters. The highest BCUT2D eigenvalue weighted by Crippen LogP contribution is 2.37. The van der Waals surface area contributed by atoms with Crippen molar-refractivity contribution in [3.63, 3.8) is 0 Å². The number of hydrogen-bond acceptors (Lipinski definition) is 9. The molecule has 2 fully saturated rings. The molecule has 0 amide bonds. The Bertz CT molecular complexity index is 1270. The number of benzene rings is 3. The highest BCUT2D eigenvalue weighted by Gasteiger charge is 2.51.